The van der Waals surface area contributed by atoms with Gasteiger partial charge in [0.15, 0.2) is 0 Å². The Morgan fingerprint density at radius 1 is 0.262 bits per heavy atom. The molecule has 20 rings (SSSR count). The number of aryl methyl sites for hydroxylation is 2. The first kappa shape index (κ1) is 72.0. The van der Waals surface area contributed by atoms with E-state index in [4.69, 9.17) is 49.6 Å². The largest absolute Gasteiger partial charge is 0.339 e. The molecular weight excluding hydrogens is 2310 g/mol. The molecule has 0 amide bonds. The van der Waals surface area contributed by atoms with Crippen molar-refractivity contribution in [2.45, 2.75) is 13.8 Å². The Kier molecular flexibility index (Phi) is 24.6. The molecule has 0 fully saturated rings. The molecule has 0 bridgehead atoms. The maximum atomic E-state index is 8.92. The summed E-state index contributed by atoms with van der Waals surface area (Å²) in [7, 11) is 0. The predicted octanol–water partition coefficient (Wildman–Crippen LogP) is 29.5. The standard InChI is InChI=1S/2C29H20N3.2C28H18N3.4Ir/c2*1-21-18-26(22-10-5-3-6-11-22)28(27(19-21)23-12-7-4-8-13-23)32-17-16-31-29(32)24-14-9-15-25(20-24)30-2;2*1-29-24-15-8-14-23(20-24)28-30-18-19-31(28)27-25(21-10-4-2-5-11-21)16-9-17-26(27)22-12-6-3-7-13-22;;;;/h2*3-13,15-20H,1H3;2*2-13,15-20H;;;;/q4*-1;;;;/i16D,17D;;2D,3D,4D,5D,6D,7D,9D,10D,11D,12D,13D,16D,17D,18D,19D;;;;;. The van der Waals surface area contributed by atoms with E-state index in [1.165, 1.54) is 23.8 Å². The van der Waals surface area contributed by atoms with Crippen LogP contribution in [0.15, 0.2) is 425 Å². The molecule has 0 aliphatic heterocycles. The second-order valence-electron chi connectivity index (χ2n) is 28.3. The molecule has 0 N–H and O–H groups in total. The van der Waals surface area contributed by atoms with Crippen LogP contribution in [0.1, 0.15) is 34.4 Å². The number of hydrogen-bond acceptors (Lipinski definition) is 4. The molecule has 0 aliphatic carbocycles. The summed E-state index contributed by atoms with van der Waals surface area (Å²) in [5, 5.41) is 0. The minimum absolute atomic E-state index is 0. The second kappa shape index (κ2) is 44.4. The van der Waals surface area contributed by atoms with E-state index in [1.54, 1.807) is 59.4 Å². The fourth-order valence-electron chi connectivity index (χ4n) is 14.8. The summed E-state index contributed by atoms with van der Waals surface area (Å²) < 4.78 is 152. The van der Waals surface area contributed by atoms with Crippen LogP contribution in [0.4, 0.5) is 22.7 Å². The maximum Gasteiger partial charge on any atom is 0.109 e. The van der Waals surface area contributed by atoms with Crippen molar-refractivity contribution in [3.8, 4) is 157 Å². The molecule has 4 radical (unpaired) electrons. The number of nitrogens with zero attached hydrogens (tertiary/aromatic N) is 12. The summed E-state index contributed by atoms with van der Waals surface area (Å²) in [6.45, 7) is 33.7. The van der Waals surface area contributed by atoms with E-state index in [9.17, 15) is 0 Å². The Bertz CT molecular complexity index is 8190. The van der Waals surface area contributed by atoms with E-state index >= 15 is 0 Å². The monoisotopic (exact) mass is 2400 g/mol. The summed E-state index contributed by atoms with van der Waals surface area (Å²) in [5.41, 5.74) is 18.9. The Labute approximate surface area is 835 Å². The van der Waals surface area contributed by atoms with Crippen LogP contribution >= 0.6 is 0 Å². The van der Waals surface area contributed by atoms with Crippen molar-refractivity contribution in [1.82, 2.24) is 38.2 Å². The van der Waals surface area contributed by atoms with Gasteiger partial charge >= 0.3 is 0 Å². The van der Waals surface area contributed by atoms with Crippen LogP contribution in [-0.4, -0.2) is 38.2 Å². The van der Waals surface area contributed by atoms with Crippen molar-refractivity contribution >= 4 is 22.7 Å². The van der Waals surface area contributed by atoms with Crippen LogP contribution in [-0.2, 0) is 80.4 Å². The van der Waals surface area contributed by atoms with E-state index in [1.807, 2.05) is 109 Å². The molecule has 0 saturated carbocycles. The van der Waals surface area contributed by atoms with Crippen LogP contribution < -0.4 is 0 Å². The van der Waals surface area contributed by atoms with Crippen LogP contribution in [0.5, 0.6) is 0 Å². The van der Waals surface area contributed by atoms with Gasteiger partial charge in [0.1, 0.15) is 22.7 Å². The minimum Gasteiger partial charge on any atom is -0.339 e. The van der Waals surface area contributed by atoms with Crippen molar-refractivity contribution in [2.24, 2.45) is 0 Å². The molecule has 0 saturated heterocycles. The molecular formula is C114H76Ir4N12-4. The fourth-order valence-corrected chi connectivity index (χ4v) is 14.8. The average molecular weight is 2400 g/mol. The number of hydrogen-bond donors (Lipinski definition) is 0. The molecule has 632 valence electrons. The Morgan fingerprint density at radius 3 is 0.815 bits per heavy atom. The van der Waals surface area contributed by atoms with E-state index in [-0.39, 0.29) is 110 Å². The first-order chi connectivity index (χ1) is 69.2. The van der Waals surface area contributed by atoms with Gasteiger partial charge in [0.25, 0.3) is 0 Å². The molecule has 4 heterocycles. The summed E-state index contributed by atoms with van der Waals surface area (Å²) >= 11 is 0. The van der Waals surface area contributed by atoms with Crippen LogP contribution in [0, 0.1) is 64.4 Å². The zero-order valence-corrected chi connectivity index (χ0v) is 78.4. The van der Waals surface area contributed by atoms with Crippen LogP contribution in [0.3, 0.4) is 0 Å². The smallest absolute Gasteiger partial charge is 0.109 e. The molecule has 12 nitrogen and oxygen atoms in total. The third kappa shape index (κ3) is 20.8. The summed E-state index contributed by atoms with van der Waals surface area (Å²) in [5.74, 6) is 1.64. The fraction of sp³-hybridized carbons (Fsp3) is 0.0175. The van der Waals surface area contributed by atoms with Gasteiger partial charge in [-0.3, -0.25) is 39.3 Å². The Balaban J connectivity index is 0.000000164. The zero-order chi connectivity index (χ0) is 101. The zero-order valence-electron chi connectivity index (χ0n) is 85.8. The van der Waals surface area contributed by atoms with Gasteiger partial charge in [-0.2, -0.15) is 24.3 Å². The molecule has 0 unspecified atom stereocenters. The summed E-state index contributed by atoms with van der Waals surface area (Å²) in [6.07, 6.45) is 6.00. The van der Waals surface area contributed by atoms with Gasteiger partial charge in [-0.1, -0.05) is 279 Å². The maximum absolute atomic E-state index is 8.92. The molecule has 0 atom stereocenters. The molecule has 0 aliphatic rings. The van der Waals surface area contributed by atoms with E-state index in [0.29, 0.717) is 28.5 Å². The molecule has 20 aromatic rings. The number of para-hydroxylation sites is 2. The van der Waals surface area contributed by atoms with Gasteiger partial charge in [-0.15, -0.1) is 95.1 Å². The molecule has 16 aromatic carbocycles. The van der Waals surface area contributed by atoms with E-state index in [2.05, 4.69) is 226 Å². The first-order valence-corrected chi connectivity index (χ1v) is 39.5. The van der Waals surface area contributed by atoms with Crippen molar-refractivity contribution < 1.29 is 104 Å². The number of benzene rings is 16. The van der Waals surface area contributed by atoms with E-state index < -0.39 is 119 Å². The average Bonchev–Trinajstić information content (AvgIpc) is 1.70. The summed E-state index contributed by atoms with van der Waals surface area (Å²) in [4.78, 5) is 31.9. The quantitative estimate of drug-likeness (QED) is 0.0902. The SMILES string of the molecule is [2H]c1nc(-c2[c-]ccc([N+]#[C-])c2)n(-c2c(-c3c([2H])c([2H])c([2H])c([2H])c3[2H])c([2H])c([2H])c([2H])c2-c2c([2H])c([2H])c([2H])c([2H])c2[2H])c1[2H].[2H]c1nc(-c2[c-]ccc([N+]#[C-])c2)n(-c2c(-c3ccccc3)cc(C)cc2-c2ccccc2)c1[2H].[C-]#[N+]c1cc[c-]c(-c2nccn2-c2c(-c3ccccc3)cc(C)cc2-c2ccccc2)c1.[C-]#[N+]c1cc[c-]c(-c2nccn2-c2c(-c3ccccc3)cccc2-c2ccccc2)c1.[Ir].[Ir].[Ir].[Ir]. The molecule has 0 spiro atoms. The van der Waals surface area contributed by atoms with Crippen molar-refractivity contribution in [1.29, 1.82) is 0 Å². The molecule has 130 heavy (non-hydrogen) atoms. The van der Waals surface area contributed by atoms with E-state index in [0.717, 1.165) is 117 Å². The Morgan fingerprint density at radius 2 is 0.523 bits per heavy atom. The van der Waals surface area contributed by atoms with Crippen molar-refractivity contribution in [3.05, 3.63) is 506 Å². The number of aromatic nitrogens is 8. The van der Waals surface area contributed by atoms with Gasteiger partial charge in [0.05, 0.1) is 95.6 Å². The normalized spacial score (nSPS) is 12.1. The second-order valence-corrected chi connectivity index (χ2v) is 28.3. The topological polar surface area (TPSA) is 88.7 Å². The number of rotatable bonds is 16. The molecule has 4 aromatic heterocycles. The van der Waals surface area contributed by atoms with Gasteiger partial charge in [0.2, 0.25) is 0 Å². The third-order valence-electron chi connectivity index (χ3n) is 20.3. The number of imidazole rings is 4. The van der Waals surface area contributed by atoms with Crippen LogP contribution in [0.25, 0.3) is 177 Å². The third-order valence-corrected chi connectivity index (χ3v) is 20.3. The van der Waals surface area contributed by atoms with Gasteiger partial charge < -0.3 is 18.3 Å². The van der Waals surface area contributed by atoms with Crippen LogP contribution in [0.2, 0.25) is 0 Å². The van der Waals surface area contributed by atoms with Gasteiger partial charge in [-0.25, -0.2) is 0 Å². The molecule has 16 heteroatoms. The summed E-state index contributed by atoms with van der Waals surface area (Å²) in [6, 6.07) is 98.4. The predicted molar refractivity (Wildman–Crippen MR) is 509 cm³/mol. The first-order valence-electron chi connectivity index (χ1n) is 48.0. The van der Waals surface area contributed by atoms with Crippen molar-refractivity contribution in [2.75, 3.05) is 0 Å². The van der Waals surface area contributed by atoms with Gasteiger partial charge in [-0.05, 0) is 93.7 Å². The van der Waals surface area contributed by atoms with Gasteiger partial charge in [0, 0.05) is 174 Å². The Hall–Kier alpha value is -15.1. The van der Waals surface area contributed by atoms with Crippen molar-refractivity contribution in [3.63, 3.8) is 0 Å². The minimum atomic E-state index is -0.881.